The van der Waals surface area contributed by atoms with Crippen molar-refractivity contribution in [3.8, 4) is 5.75 Å². The van der Waals surface area contributed by atoms with Gasteiger partial charge in [-0.1, -0.05) is 0 Å². The van der Waals surface area contributed by atoms with Crippen molar-refractivity contribution in [2.24, 2.45) is 0 Å². The second kappa shape index (κ2) is 9.10. The minimum Gasteiger partial charge on any atom is -0.491 e. The fraction of sp³-hybridized carbons (Fsp3) is 0.533. The summed E-state index contributed by atoms with van der Waals surface area (Å²) in [5, 5.41) is 15.4. The number of rotatable bonds is 6. The van der Waals surface area contributed by atoms with Crippen LogP contribution < -0.4 is 15.4 Å². The lowest BCUT2D eigenvalue weighted by molar-refractivity contribution is -0.137. The monoisotopic (exact) mass is 368 g/mol. The lowest BCUT2D eigenvalue weighted by Gasteiger charge is -2.16. The van der Waals surface area contributed by atoms with Gasteiger partial charge in [0, 0.05) is 6.54 Å². The van der Waals surface area contributed by atoms with Gasteiger partial charge in [-0.25, -0.2) is 0 Å². The van der Waals surface area contributed by atoms with E-state index < -0.39 is 17.8 Å². The molecule has 1 fully saturated rings. The molecule has 1 aromatic carbocycles. The Morgan fingerprint density at radius 2 is 2.04 bits per heavy atom. The Hall–Kier alpha value is -1.51. The summed E-state index contributed by atoms with van der Waals surface area (Å²) in [5.74, 6) is 0.0527. The number of alkyl halides is 3. The zero-order chi connectivity index (χ0) is 16.9. The maximum atomic E-state index is 12.4. The summed E-state index contributed by atoms with van der Waals surface area (Å²) in [6.45, 7) is 0.707. The van der Waals surface area contributed by atoms with Gasteiger partial charge in [0.05, 0.1) is 11.6 Å². The topological polar surface area (TPSA) is 70.6 Å². The number of amides is 1. The highest BCUT2D eigenvalue weighted by Crippen LogP contribution is 2.30. The zero-order valence-corrected chi connectivity index (χ0v) is 13.6. The average molecular weight is 369 g/mol. The van der Waals surface area contributed by atoms with E-state index in [4.69, 9.17) is 4.74 Å². The molecule has 3 N–H and O–H groups in total. The maximum absolute atomic E-state index is 12.4. The van der Waals surface area contributed by atoms with Gasteiger partial charge in [-0.2, -0.15) is 13.2 Å². The number of halogens is 4. The van der Waals surface area contributed by atoms with Gasteiger partial charge in [-0.3, -0.25) is 4.79 Å². The van der Waals surface area contributed by atoms with Crippen LogP contribution >= 0.6 is 12.4 Å². The van der Waals surface area contributed by atoms with Crippen molar-refractivity contribution in [1.82, 2.24) is 10.6 Å². The molecule has 0 bridgehead atoms. The van der Waals surface area contributed by atoms with E-state index in [0.717, 1.165) is 31.5 Å². The van der Waals surface area contributed by atoms with Crippen LogP contribution in [0.15, 0.2) is 24.3 Å². The van der Waals surface area contributed by atoms with Crippen molar-refractivity contribution in [2.75, 3.05) is 19.7 Å². The Balaban J connectivity index is 0.00000288. The number of benzene rings is 1. The standard InChI is InChI=1S/C15H19F3N2O3.ClH/c16-15(17,18)10-3-5-12(6-4-10)23-9-11(21)8-20-14(22)13-2-1-7-19-13;/h3-6,11,13,19,21H,1-2,7-9H2,(H,20,22);1H/t11?,13-;/m0./s1. The van der Waals surface area contributed by atoms with E-state index in [2.05, 4.69) is 10.6 Å². The Kier molecular flexibility index (Phi) is 7.78. The first-order valence-corrected chi connectivity index (χ1v) is 7.35. The van der Waals surface area contributed by atoms with Crippen LogP contribution in [0.4, 0.5) is 13.2 Å². The van der Waals surface area contributed by atoms with Crippen molar-refractivity contribution in [1.29, 1.82) is 0 Å². The Morgan fingerprint density at radius 1 is 1.38 bits per heavy atom. The second-order valence-corrected chi connectivity index (χ2v) is 5.38. The summed E-state index contributed by atoms with van der Waals surface area (Å²) in [4.78, 5) is 11.7. The quantitative estimate of drug-likeness (QED) is 0.715. The maximum Gasteiger partial charge on any atom is 0.416 e. The highest BCUT2D eigenvalue weighted by molar-refractivity contribution is 5.85. The minimum atomic E-state index is -4.39. The molecule has 1 unspecified atom stereocenters. The molecule has 1 amide bonds. The van der Waals surface area contributed by atoms with Gasteiger partial charge in [0.15, 0.2) is 0 Å². The molecule has 136 valence electrons. The highest BCUT2D eigenvalue weighted by Gasteiger charge is 2.30. The van der Waals surface area contributed by atoms with Gasteiger partial charge in [0.2, 0.25) is 5.91 Å². The molecule has 5 nitrogen and oxygen atoms in total. The number of aliphatic hydroxyl groups is 1. The minimum absolute atomic E-state index is 0. The lowest BCUT2D eigenvalue weighted by Crippen LogP contribution is -2.44. The van der Waals surface area contributed by atoms with Crippen molar-refractivity contribution in [3.63, 3.8) is 0 Å². The first kappa shape index (κ1) is 20.5. The fourth-order valence-electron chi connectivity index (χ4n) is 2.24. The largest absolute Gasteiger partial charge is 0.491 e. The van der Waals surface area contributed by atoms with E-state index in [9.17, 15) is 23.1 Å². The molecule has 0 radical (unpaired) electrons. The van der Waals surface area contributed by atoms with Crippen LogP contribution in [0, 0.1) is 0 Å². The summed E-state index contributed by atoms with van der Waals surface area (Å²) in [6, 6.07) is 3.98. The lowest BCUT2D eigenvalue weighted by atomic mass is 10.2. The number of hydrogen-bond acceptors (Lipinski definition) is 4. The Labute approximate surface area is 144 Å². The molecule has 1 aromatic rings. The number of ether oxygens (including phenoxy) is 1. The van der Waals surface area contributed by atoms with E-state index >= 15 is 0 Å². The molecule has 2 atom stereocenters. The predicted molar refractivity (Wildman–Crippen MR) is 84.2 cm³/mol. The molecule has 1 heterocycles. The van der Waals surface area contributed by atoms with Crippen molar-refractivity contribution < 1.29 is 27.8 Å². The molecular weight excluding hydrogens is 349 g/mol. The molecule has 1 saturated heterocycles. The van der Waals surface area contributed by atoms with Gasteiger partial charge < -0.3 is 20.5 Å². The van der Waals surface area contributed by atoms with E-state index in [1.807, 2.05) is 0 Å². The zero-order valence-electron chi connectivity index (χ0n) is 12.8. The number of carbonyl (C=O) groups is 1. The number of hydrogen-bond donors (Lipinski definition) is 3. The Morgan fingerprint density at radius 3 is 2.58 bits per heavy atom. The van der Waals surface area contributed by atoms with Gasteiger partial charge in [-0.15, -0.1) is 12.4 Å². The molecule has 1 aliphatic heterocycles. The molecule has 9 heteroatoms. The van der Waals surface area contributed by atoms with Crippen LogP contribution in [0.25, 0.3) is 0 Å². The van der Waals surface area contributed by atoms with Gasteiger partial charge in [-0.05, 0) is 43.7 Å². The smallest absolute Gasteiger partial charge is 0.416 e. The first-order chi connectivity index (χ1) is 10.9. The summed E-state index contributed by atoms with van der Waals surface area (Å²) in [5.41, 5.74) is -0.762. The third-order valence-corrected chi connectivity index (χ3v) is 3.51. The fourth-order valence-corrected chi connectivity index (χ4v) is 2.24. The van der Waals surface area contributed by atoms with E-state index in [-0.39, 0.29) is 43.3 Å². The van der Waals surface area contributed by atoms with Crippen LogP contribution in [-0.2, 0) is 11.0 Å². The predicted octanol–water partition coefficient (Wildman–Crippen LogP) is 1.74. The molecule has 0 spiro atoms. The highest BCUT2D eigenvalue weighted by atomic mass is 35.5. The van der Waals surface area contributed by atoms with Crippen molar-refractivity contribution in [3.05, 3.63) is 29.8 Å². The van der Waals surface area contributed by atoms with E-state index in [1.54, 1.807) is 0 Å². The normalized spacial score (nSPS) is 18.6. The van der Waals surface area contributed by atoms with Gasteiger partial charge in [0.25, 0.3) is 0 Å². The van der Waals surface area contributed by atoms with Crippen LogP contribution in [-0.4, -0.2) is 42.9 Å². The summed E-state index contributed by atoms with van der Waals surface area (Å²) in [7, 11) is 0. The summed E-state index contributed by atoms with van der Waals surface area (Å²) in [6.07, 6.45) is -3.62. The third-order valence-electron chi connectivity index (χ3n) is 3.51. The molecule has 0 aliphatic carbocycles. The summed E-state index contributed by atoms with van der Waals surface area (Å²) < 4.78 is 42.4. The van der Waals surface area contributed by atoms with Crippen LogP contribution in [0.3, 0.4) is 0 Å². The van der Waals surface area contributed by atoms with Crippen molar-refractivity contribution >= 4 is 18.3 Å². The SMILES string of the molecule is Cl.O=C(NCC(O)COc1ccc(C(F)(F)F)cc1)[C@@H]1CCCN1. The molecule has 0 saturated carbocycles. The van der Waals surface area contributed by atoms with Gasteiger partial charge in [0.1, 0.15) is 18.5 Å². The Bertz CT molecular complexity index is 520. The van der Waals surface area contributed by atoms with Crippen LogP contribution in [0.2, 0.25) is 0 Å². The summed E-state index contributed by atoms with van der Waals surface area (Å²) >= 11 is 0. The number of nitrogens with one attached hydrogen (secondary N) is 2. The van der Waals surface area contributed by atoms with Crippen LogP contribution in [0.5, 0.6) is 5.75 Å². The molecular formula is C15H20ClF3N2O3. The molecule has 2 rings (SSSR count). The van der Waals surface area contributed by atoms with E-state index in [0.29, 0.717) is 0 Å². The molecule has 0 aromatic heterocycles. The number of carbonyl (C=O) groups excluding carboxylic acids is 1. The third kappa shape index (κ3) is 6.18. The molecule has 24 heavy (non-hydrogen) atoms. The first-order valence-electron chi connectivity index (χ1n) is 7.35. The molecule has 1 aliphatic rings. The average Bonchev–Trinajstić information content (AvgIpc) is 3.04. The van der Waals surface area contributed by atoms with Crippen molar-refractivity contribution in [2.45, 2.75) is 31.2 Å². The number of aliphatic hydroxyl groups excluding tert-OH is 1. The second-order valence-electron chi connectivity index (χ2n) is 5.38. The van der Waals surface area contributed by atoms with Crippen LogP contribution in [0.1, 0.15) is 18.4 Å². The van der Waals surface area contributed by atoms with Gasteiger partial charge >= 0.3 is 6.18 Å². The van der Waals surface area contributed by atoms with E-state index in [1.165, 1.54) is 12.1 Å².